The first kappa shape index (κ1) is 11.0. The Morgan fingerprint density at radius 3 is 2.60 bits per heavy atom. The fraction of sp³-hybridized carbons (Fsp3) is 0.375. The third-order valence-electron chi connectivity index (χ3n) is 1.67. The van der Waals surface area contributed by atoms with Gasteiger partial charge >= 0.3 is 12.1 Å². The fourth-order valence-electron chi connectivity index (χ4n) is 0.933. The summed E-state index contributed by atoms with van der Waals surface area (Å²) in [4.78, 5) is 25.9. The molecule has 82 valence electrons. The summed E-state index contributed by atoms with van der Waals surface area (Å²) in [5.41, 5.74) is 2.46. The number of methoxy groups -OCH3 is 2. The molecule has 0 aliphatic carbocycles. The van der Waals surface area contributed by atoms with E-state index in [9.17, 15) is 9.59 Å². The summed E-state index contributed by atoms with van der Waals surface area (Å²) in [6.07, 6.45) is 0.699. The summed E-state index contributed by atoms with van der Waals surface area (Å²) < 4.78 is 10.1. The van der Waals surface area contributed by atoms with Crippen LogP contribution in [0, 0.1) is 6.92 Å². The number of carbonyl (C=O) groups is 2. The molecule has 0 spiro atoms. The second-order valence-electron chi connectivity index (χ2n) is 2.64. The first-order valence-electron chi connectivity index (χ1n) is 4.07. The molecule has 1 heterocycles. The predicted octanol–water partition coefficient (Wildman–Crippen LogP) is 0.288. The predicted molar refractivity (Wildman–Crippen MR) is 50.1 cm³/mol. The van der Waals surface area contributed by atoms with E-state index in [1.807, 2.05) is 0 Å². The molecular weight excluding hydrogens is 202 g/mol. The third kappa shape index (κ3) is 2.46. The highest BCUT2D eigenvalue weighted by atomic mass is 16.5. The number of nitrogens with zero attached hydrogens (tertiary/aromatic N) is 2. The van der Waals surface area contributed by atoms with Crippen molar-refractivity contribution in [2.75, 3.05) is 19.6 Å². The molecule has 0 saturated carbocycles. The molecule has 0 aromatic carbocycles. The first-order chi connectivity index (χ1) is 7.08. The van der Waals surface area contributed by atoms with Gasteiger partial charge in [0.1, 0.15) is 5.82 Å². The molecule has 7 nitrogen and oxygen atoms in total. The molecule has 1 aromatic rings. The molecule has 1 N–H and O–H groups in total. The van der Waals surface area contributed by atoms with Crippen LogP contribution in [0.2, 0.25) is 0 Å². The van der Waals surface area contributed by atoms with Gasteiger partial charge in [-0.05, 0) is 6.92 Å². The molecule has 1 rings (SSSR count). The Hall–Kier alpha value is -2.05. The largest absolute Gasteiger partial charge is 0.464 e. The van der Waals surface area contributed by atoms with Crippen molar-refractivity contribution >= 4 is 12.1 Å². The number of amides is 1. The Labute approximate surface area is 86.0 Å². The van der Waals surface area contributed by atoms with Gasteiger partial charge in [-0.2, -0.15) is 0 Å². The van der Waals surface area contributed by atoms with Gasteiger partial charge in [-0.25, -0.2) is 24.7 Å². The van der Waals surface area contributed by atoms with Crippen molar-refractivity contribution in [3.05, 3.63) is 17.7 Å². The minimum atomic E-state index is -0.646. The summed E-state index contributed by atoms with van der Waals surface area (Å²) in [5, 5.41) is 0. The third-order valence-corrected chi connectivity index (χ3v) is 1.67. The zero-order valence-electron chi connectivity index (χ0n) is 8.60. The lowest BCUT2D eigenvalue weighted by Gasteiger charge is -2.04. The van der Waals surface area contributed by atoms with Crippen LogP contribution in [-0.2, 0) is 9.47 Å². The molecule has 0 fully saturated rings. The summed E-state index contributed by atoms with van der Waals surface area (Å²) >= 11 is 0. The molecule has 0 unspecified atom stereocenters. The van der Waals surface area contributed by atoms with Crippen LogP contribution in [0.1, 0.15) is 16.3 Å². The van der Waals surface area contributed by atoms with Crippen LogP contribution in [0.15, 0.2) is 6.20 Å². The fourth-order valence-corrected chi connectivity index (χ4v) is 0.933. The smallest absolute Gasteiger partial charge is 0.426 e. The van der Waals surface area contributed by atoms with Crippen molar-refractivity contribution < 1.29 is 19.1 Å². The van der Waals surface area contributed by atoms with E-state index >= 15 is 0 Å². The zero-order valence-corrected chi connectivity index (χ0v) is 8.60. The quantitative estimate of drug-likeness (QED) is 0.714. The van der Waals surface area contributed by atoms with Crippen molar-refractivity contribution in [2.45, 2.75) is 6.92 Å². The molecule has 0 aliphatic rings. The number of hydrogen-bond donors (Lipinski definition) is 1. The Morgan fingerprint density at radius 1 is 1.40 bits per heavy atom. The number of hydrogen-bond acceptors (Lipinski definition) is 5. The van der Waals surface area contributed by atoms with Crippen molar-refractivity contribution in [2.24, 2.45) is 0 Å². The molecule has 0 saturated heterocycles. The van der Waals surface area contributed by atoms with E-state index in [0.717, 1.165) is 0 Å². The van der Waals surface area contributed by atoms with Crippen LogP contribution >= 0.6 is 0 Å². The Bertz CT molecular complexity index is 385. The number of ether oxygens (including phenoxy) is 2. The average molecular weight is 213 g/mol. The van der Waals surface area contributed by atoms with Gasteiger partial charge < -0.3 is 9.47 Å². The van der Waals surface area contributed by atoms with Crippen molar-refractivity contribution in [1.82, 2.24) is 9.66 Å². The van der Waals surface area contributed by atoms with Gasteiger partial charge in [0.2, 0.25) is 0 Å². The van der Waals surface area contributed by atoms with Crippen LogP contribution < -0.4 is 5.43 Å². The highest BCUT2D eigenvalue weighted by molar-refractivity contribution is 5.87. The number of aryl methyl sites for hydroxylation is 1. The Balaban J connectivity index is 2.86. The Morgan fingerprint density at radius 2 is 2.07 bits per heavy atom. The normalized spacial score (nSPS) is 9.53. The molecule has 15 heavy (non-hydrogen) atoms. The van der Waals surface area contributed by atoms with E-state index < -0.39 is 12.1 Å². The van der Waals surface area contributed by atoms with Gasteiger partial charge in [-0.15, -0.1) is 0 Å². The van der Waals surface area contributed by atoms with Gasteiger partial charge in [0.15, 0.2) is 5.69 Å². The SMILES string of the molecule is COC(=O)Nn1cc(C(=O)OC)nc1C. The second-order valence-corrected chi connectivity index (χ2v) is 2.64. The molecule has 1 aromatic heterocycles. The van der Waals surface area contributed by atoms with Gasteiger partial charge in [0, 0.05) is 0 Å². The maximum Gasteiger partial charge on any atom is 0.426 e. The standard InChI is InChI=1S/C8H11N3O4/c1-5-9-6(7(12)14-2)4-11(5)10-8(13)15-3/h4H,1-3H3,(H,10,13). The summed E-state index contributed by atoms with van der Waals surface area (Å²) in [6.45, 7) is 1.63. The minimum absolute atomic E-state index is 0.117. The van der Waals surface area contributed by atoms with Crippen LogP contribution in [0.5, 0.6) is 0 Å². The molecule has 0 aliphatic heterocycles. The van der Waals surface area contributed by atoms with E-state index in [1.165, 1.54) is 25.1 Å². The lowest BCUT2D eigenvalue weighted by atomic mass is 10.5. The molecule has 7 heteroatoms. The molecule has 0 radical (unpaired) electrons. The number of esters is 1. The second kappa shape index (κ2) is 4.45. The number of imidazole rings is 1. The highest BCUT2D eigenvalue weighted by Gasteiger charge is 2.13. The number of nitrogens with one attached hydrogen (secondary N) is 1. The molecular formula is C8H11N3O4. The van der Waals surface area contributed by atoms with Crippen molar-refractivity contribution in [1.29, 1.82) is 0 Å². The average Bonchev–Trinajstić information content (AvgIpc) is 2.59. The maximum atomic E-state index is 11.1. The van der Waals surface area contributed by atoms with Crippen LogP contribution in [0.4, 0.5) is 4.79 Å². The van der Waals surface area contributed by atoms with Gasteiger partial charge in [-0.1, -0.05) is 0 Å². The number of rotatable bonds is 2. The molecule has 1 amide bonds. The van der Waals surface area contributed by atoms with E-state index in [1.54, 1.807) is 6.92 Å². The monoisotopic (exact) mass is 213 g/mol. The summed E-state index contributed by atoms with van der Waals surface area (Å²) in [5.74, 6) is -0.121. The van der Waals surface area contributed by atoms with Gasteiger partial charge in [0.25, 0.3) is 0 Å². The van der Waals surface area contributed by atoms with Crippen molar-refractivity contribution in [3.8, 4) is 0 Å². The van der Waals surface area contributed by atoms with E-state index in [4.69, 9.17) is 0 Å². The van der Waals surface area contributed by atoms with Crippen LogP contribution in [0.25, 0.3) is 0 Å². The van der Waals surface area contributed by atoms with Gasteiger partial charge in [0.05, 0.1) is 20.4 Å². The number of carbonyl (C=O) groups excluding carboxylic acids is 2. The molecule has 0 bridgehead atoms. The lowest BCUT2D eigenvalue weighted by Crippen LogP contribution is -2.22. The van der Waals surface area contributed by atoms with Crippen LogP contribution in [0.3, 0.4) is 0 Å². The summed E-state index contributed by atoms with van der Waals surface area (Å²) in [6, 6.07) is 0. The van der Waals surface area contributed by atoms with E-state index in [0.29, 0.717) is 5.82 Å². The minimum Gasteiger partial charge on any atom is -0.464 e. The maximum absolute atomic E-state index is 11.1. The van der Waals surface area contributed by atoms with Gasteiger partial charge in [-0.3, -0.25) is 0 Å². The molecule has 0 atom stereocenters. The van der Waals surface area contributed by atoms with Crippen LogP contribution in [-0.4, -0.2) is 35.9 Å². The first-order valence-corrected chi connectivity index (χ1v) is 4.07. The Kier molecular flexibility index (Phi) is 3.27. The zero-order chi connectivity index (χ0) is 11.4. The lowest BCUT2D eigenvalue weighted by molar-refractivity contribution is 0.0594. The highest BCUT2D eigenvalue weighted by Crippen LogP contribution is 2.01. The topological polar surface area (TPSA) is 82.5 Å². The van der Waals surface area contributed by atoms with Crippen molar-refractivity contribution in [3.63, 3.8) is 0 Å². The van der Waals surface area contributed by atoms with E-state index in [-0.39, 0.29) is 5.69 Å². The summed E-state index contributed by atoms with van der Waals surface area (Å²) in [7, 11) is 2.49. The van der Waals surface area contributed by atoms with E-state index in [2.05, 4.69) is 19.9 Å². The number of aromatic nitrogens is 2.